The fourth-order valence-electron chi connectivity index (χ4n) is 3.20. The predicted molar refractivity (Wildman–Crippen MR) is 68.7 cm³/mol. The van der Waals surface area contributed by atoms with Crippen LogP contribution in [0.4, 0.5) is 0 Å². The maximum absolute atomic E-state index is 10.7. The molecule has 0 amide bonds. The first-order chi connectivity index (χ1) is 9.20. The first-order valence-electron chi connectivity index (χ1n) is 6.78. The van der Waals surface area contributed by atoms with Gasteiger partial charge in [-0.15, -0.1) is 0 Å². The minimum absolute atomic E-state index is 0.211. The van der Waals surface area contributed by atoms with Crippen LogP contribution in [0.15, 0.2) is 24.3 Å². The van der Waals surface area contributed by atoms with E-state index in [1.165, 1.54) is 5.56 Å². The average molecular weight is 262 g/mol. The van der Waals surface area contributed by atoms with Crippen molar-refractivity contribution in [3.05, 3.63) is 35.4 Å². The standard InChI is InChI=1S/C15H18O4/c16-14(17)6-5-11-9-12-3-1-2-4-13(12)15(10-11)18-7-8-19-15/h1-4,11H,5-10H2,(H,16,17). The molecule has 2 aliphatic rings. The van der Waals surface area contributed by atoms with Gasteiger partial charge in [0.1, 0.15) is 0 Å². The lowest BCUT2D eigenvalue weighted by Crippen LogP contribution is -2.36. The number of fused-ring (bicyclic) bond motifs is 2. The average Bonchev–Trinajstić information content (AvgIpc) is 2.86. The lowest BCUT2D eigenvalue weighted by atomic mass is 9.78. The molecule has 0 saturated carbocycles. The molecule has 1 aromatic rings. The molecule has 102 valence electrons. The van der Waals surface area contributed by atoms with Crippen LogP contribution in [0.5, 0.6) is 0 Å². The van der Waals surface area contributed by atoms with Gasteiger partial charge in [-0.25, -0.2) is 0 Å². The Morgan fingerprint density at radius 1 is 1.32 bits per heavy atom. The zero-order chi connectivity index (χ0) is 13.3. The molecule has 19 heavy (non-hydrogen) atoms. The van der Waals surface area contributed by atoms with E-state index >= 15 is 0 Å². The van der Waals surface area contributed by atoms with Crippen LogP contribution in [-0.2, 0) is 26.5 Å². The molecular formula is C15H18O4. The summed E-state index contributed by atoms with van der Waals surface area (Å²) in [6.45, 7) is 1.22. The maximum Gasteiger partial charge on any atom is 0.303 e. The largest absolute Gasteiger partial charge is 0.481 e. The second kappa shape index (κ2) is 4.94. The van der Waals surface area contributed by atoms with Crippen LogP contribution in [-0.4, -0.2) is 24.3 Å². The van der Waals surface area contributed by atoms with Gasteiger partial charge < -0.3 is 14.6 Å². The van der Waals surface area contributed by atoms with Crippen molar-refractivity contribution in [1.82, 2.24) is 0 Å². The highest BCUT2D eigenvalue weighted by Gasteiger charge is 2.44. The zero-order valence-corrected chi connectivity index (χ0v) is 10.8. The molecule has 0 radical (unpaired) electrons. The minimum Gasteiger partial charge on any atom is -0.481 e. The number of hydrogen-bond donors (Lipinski definition) is 1. The van der Waals surface area contributed by atoms with Crippen LogP contribution in [0.25, 0.3) is 0 Å². The third-order valence-corrected chi connectivity index (χ3v) is 4.01. The smallest absolute Gasteiger partial charge is 0.303 e. The highest BCUT2D eigenvalue weighted by Crippen LogP contribution is 2.45. The molecule has 1 heterocycles. The SMILES string of the molecule is O=C(O)CCC1Cc2ccccc2C2(C1)OCCO2. The van der Waals surface area contributed by atoms with Crippen LogP contribution in [0, 0.1) is 5.92 Å². The Balaban J connectivity index is 1.86. The van der Waals surface area contributed by atoms with Gasteiger partial charge in [0.25, 0.3) is 0 Å². The number of hydrogen-bond acceptors (Lipinski definition) is 3. The van der Waals surface area contributed by atoms with Crippen molar-refractivity contribution in [1.29, 1.82) is 0 Å². The summed E-state index contributed by atoms with van der Waals surface area (Å²) in [5.41, 5.74) is 2.35. The molecule has 4 heteroatoms. The van der Waals surface area contributed by atoms with Crippen molar-refractivity contribution < 1.29 is 19.4 Å². The number of aliphatic carboxylic acids is 1. The van der Waals surface area contributed by atoms with E-state index in [0.717, 1.165) is 18.4 Å². The molecule has 1 atom stereocenters. The Labute approximate surface area is 112 Å². The van der Waals surface area contributed by atoms with Gasteiger partial charge in [0.15, 0.2) is 5.79 Å². The molecule has 1 N–H and O–H groups in total. The van der Waals surface area contributed by atoms with Crippen molar-refractivity contribution in [3.8, 4) is 0 Å². The van der Waals surface area contributed by atoms with Gasteiger partial charge in [-0.1, -0.05) is 24.3 Å². The van der Waals surface area contributed by atoms with Gasteiger partial charge >= 0.3 is 5.97 Å². The second-order valence-electron chi connectivity index (χ2n) is 5.31. The summed E-state index contributed by atoms with van der Waals surface area (Å²) in [4.78, 5) is 10.7. The van der Waals surface area contributed by atoms with Gasteiger partial charge in [-0.2, -0.15) is 0 Å². The normalized spacial score (nSPS) is 24.3. The summed E-state index contributed by atoms with van der Waals surface area (Å²) in [6.07, 6.45) is 2.57. The van der Waals surface area contributed by atoms with Crippen LogP contribution in [0.1, 0.15) is 30.4 Å². The van der Waals surface area contributed by atoms with Gasteiger partial charge in [-0.05, 0) is 24.3 Å². The van der Waals surface area contributed by atoms with Gasteiger partial charge in [0, 0.05) is 18.4 Å². The Bertz CT molecular complexity index is 477. The monoisotopic (exact) mass is 262 g/mol. The molecule has 1 aromatic carbocycles. The molecule has 4 nitrogen and oxygen atoms in total. The Morgan fingerprint density at radius 2 is 2.05 bits per heavy atom. The van der Waals surface area contributed by atoms with E-state index in [1.54, 1.807) is 0 Å². The van der Waals surface area contributed by atoms with Crippen LogP contribution in [0.3, 0.4) is 0 Å². The van der Waals surface area contributed by atoms with E-state index in [4.69, 9.17) is 14.6 Å². The van der Waals surface area contributed by atoms with Crippen molar-refractivity contribution in [2.75, 3.05) is 13.2 Å². The van der Waals surface area contributed by atoms with Crippen LogP contribution in [0.2, 0.25) is 0 Å². The van der Waals surface area contributed by atoms with E-state index in [9.17, 15) is 4.79 Å². The summed E-state index contributed by atoms with van der Waals surface area (Å²) in [7, 11) is 0. The number of ether oxygens (including phenoxy) is 2. The van der Waals surface area contributed by atoms with Gasteiger partial charge in [0.2, 0.25) is 0 Å². The van der Waals surface area contributed by atoms with Crippen molar-refractivity contribution in [2.24, 2.45) is 5.92 Å². The highest BCUT2D eigenvalue weighted by atomic mass is 16.7. The first-order valence-corrected chi connectivity index (χ1v) is 6.78. The Kier molecular flexibility index (Phi) is 3.29. The molecule has 1 unspecified atom stereocenters. The summed E-state index contributed by atoms with van der Waals surface area (Å²) < 4.78 is 11.8. The lowest BCUT2D eigenvalue weighted by molar-refractivity contribution is -0.185. The molecule has 1 fully saturated rings. The van der Waals surface area contributed by atoms with E-state index in [1.807, 2.05) is 12.1 Å². The number of carboxylic acid groups (broad SMARTS) is 1. The Morgan fingerprint density at radius 3 is 2.79 bits per heavy atom. The van der Waals surface area contributed by atoms with Crippen LogP contribution >= 0.6 is 0 Å². The quantitative estimate of drug-likeness (QED) is 0.908. The molecule has 1 aliphatic carbocycles. The van der Waals surface area contributed by atoms with Crippen molar-refractivity contribution in [3.63, 3.8) is 0 Å². The Hall–Kier alpha value is -1.39. The van der Waals surface area contributed by atoms with Gasteiger partial charge in [-0.3, -0.25) is 4.79 Å². The molecule has 1 spiro atoms. The first kappa shape index (κ1) is 12.6. The summed E-state index contributed by atoms with van der Waals surface area (Å²) in [5, 5.41) is 8.83. The molecule has 1 aliphatic heterocycles. The number of carboxylic acids is 1. The number of rotatable bonds is 3. The van der Waals surface area contributed by atoms with Crippen LogP contribution < -0.4 is 0 Å². The van der Waals surface area contributed by atoms with Crippen molar-refractivity contribution in [2.45, 2.75) is 31.5 Å². The van der Waals surface area contributed by atoms with Crippen molar-refractivity contribution >= 4 is 5.97 Å². The second-order valence-corrected chi connectivity index (χ2v) is 5.31. The zero-order valence-electron chi connectivity index (χ0n) is 10.8. The van der Waals surface area contributed by atoms with E-state index in [-0.39, 0.29) is 6.42 Å². The topological polar surface area (TPSA) is 55.8 Å². The molecule has 0 bridgehead atoms. The molecule has 3 rings (SSSR count). The highest BCUT2D eigenvalue weighted by molar-refractivity contribution is 5.66. The van der Waals surface area contributed by atoms with E-state index in [2.05, 4.69) is 12.1 Å². The molecular weight excluding hydrogens is 244 g/mol. The summed E-state index contributed by atoms with van der Waals surface area (Å²) in [6, 6.07) is 8.17. The molecule has 0 aromatic heterocycles. The minimum atomic E-state index is -0.735. The summed E-state index contributed by atoms with van der Waals surface area (Å²) >= 11 is 0. The molecule has 1 saturated heterocycles. The third-order valence-electron chi connectivity index (χ3n) is 4.01. The van der Waals surface area contributed by atoms with Gasteiger partial charge in [0.05, 0.1) is 13.2 Å². The maximum atomic E-state index is 10.7. The third kappa shape index (κ3) is 2.38. The lowest BCUT2D eigenvalue weighted by Gasteiger charge is -2.38. The fourth-order valence-corrected chi connectivity index (χ4v) is 3.20. The van der Waals surface area contributed by atoms with E-state index < -0.39 is 11.8 Å². The van der Waals surface area contributed by atoms with E-state index in [0.29, 0.717) is 25.6 Å². The fraction of sp³-hybridized carbons (Fsp3) is 0.533. The number of benzene rings is 1. The summed E-state index contributed by atoms with van der Waals surface area (Å²) in [5.74, 6) is -1.05. The number of carbonyl (C=O) groups is 1. The predicted octanol–water partition coefficient (Wildman–Crippen LogP) is 2.31.